The first kappa shape index (κ1) is 15.5. The molecule has 1 heterocycles. The number of halogens is 1. The molecule has 0 aromatic heterocycles. The monoisotopic (exact) mass is 318 g/mol. The molecule has 2 rings (SSSR count). The highest BCUT2D eigenvalue weighted by Crippen LogP contribution is 2.18. The van der Waals surface area contributed by atoms with Crippen molar-refractivity contribution in [3.63, 3.8) is 0 Å². The van der Waals surface area contributed by atoms with Gasteiger partial charge in [-0.3, -0.25) is 4.72 Å². The van der Waals surface area contributed by atoms with Gasteiger partial charge in [0.05, 0.1) is 18.9 Å². The van der Waals surface area contributed by atoms with E-state index in [1.165, 1.54) is 16.4 Å². The molecule has 0 amide bonds. The maximum Gasteiger partial charge on any atom is 0.301 e. The first-order chi connectivity index (χ1) is 9.94. The number of nitrogens with two attached hydrogens (primary N) is 1. The van der Waals surface area contributed by atoms with Crippen LogP contribution in [-0.4, -0.2) is 50.1 Å². The molecule has 1 fully saturated rings. The summed E-state index contributed by atoms with van der Waals surface area (Å²) in [6.45, 7) is 1.01. The third-order valence-corrected chi connectivity index (χ3v) is 4.44. The van der Waals surface area contributed by atoms with Gasteiger partial charge in [-0.25, -0.2) is 4.39 Å². The number of hydrogen-bond acceptors (Lipinski definition) is 5. The van der Waals surface area contributed by atoms with E-state index in [0.717, 1.165) is 6.07 Å². The Balaban J connectivity index is 2.19. The highest BCUT2D eigenvalue weighted by Gasteiger charge is 2.25. The summed E-state index contributed by atoms with van der Waals surface area (Å²) in [6, 6.07) is 3.53. The van der Waals surface area contributed by atoms with E-state index in [1.54, 1.807) is 0 Å². The number of nitrogens with one attached hydrogen (secondary N) is 1. The number of morpholine rings is 1. The second-order valence-corrected chi connectivity index (χ2v) is 5.97. The van der Waals surface area contributed by atoms with Gasteiger partial charge in [0, 0.05) is 18.7 Å². The average molecular weight is 318 g/mol. The third-order valence-electron chi connectivity index (χ3n) is 2.92. The Morgan fingerprint density at radius 1 is 1.43 bits per heavy atom. The van der Waals surface area contributed by atoms with E-state index in [0.29, 0.717) is 13.2 Å². The van der Waals surface area contributed by atoms with Gasteiger partial charge in [0.1, 0.15) is 5.82 Å². The Morgan fingerprint density at radius 3 is 2.67 bits per heavy atom. The molecular weight excluding hydrogens is 303 g/mol. The van der Waals surface area contributed by atoms with Crippen LogP contribution in [0.15, 0.2) is 23.4 Å². The molecule has 0 spiro atoms. The summed E-state index contributed by atoms with van der Waals surface area (Å²) in [7, 11) is -3.85. The summed E-state index contributed by atoms with van der Waals surface area (Å²) >= 11 is 0. The molecule has 0 unspecified atom stereocenters. The predicted octanol–water partition coefficient (Wildman–Crippen LogP) is -0.0909. The van der Waals surface area contributed by atoms with Crippen molar-refractivity contribution in [2.45, 2.75) is 0 Å². The van der Waals surface area contributed by atoms with Crippen molar-refractivity contribution in [1.29, 1.82) is 0 Å². The molecule has 1 aliphatic rings. The molecule has 1 saturated heterocycles. The fourth-order valence-electron chi connectivity index (χ4n) is 1.81. The van der Waals surface area contributed by atoms with E-state index >= 15 is 0 Å². The molecule has 10 heteroatoms. The molecule has 0 radical (unpaired) electrons. The second kappa shape index (κ2) is 6.24. The van der Waals surface area contributed by atoms with Crippen LogP contribution in [0.2, 0.25) is 0 Å². The molecule has 0 bridgehead atoms. The molecule has 1 aliphatic heterocycles. The van der Waals surface area contributed by atoms with Gasteiger partial charge in [0.25, 0.3) is 0 Å². The Morgan fingerprint density at radius 2 is 2.10 bits per heavy atom. The van der Waals surface area contributed by atoms with Crippen LogP contribution in [-0.2, 0) is 14.9 Å². The first-order valence-corrected chi connectivity index (χ1v) is 7.51. The van der Waals surface area contributed by atoms with Gasteiger partial charge >= 0.3 is 10.2 Å². The van der Waals surface area contributed by atoms with Crippen LogP contribution in [0.4, 0.5) is 10.1 Å². The largest absolute Gasteiger partial charge is 0.409 e. The summed E-state index contributed by atoms with van der Waals surface area (Å²) < 4.78 is 46.5. The van der Waals surface area contributed by atoms with Crippen molar-refractivity contribution in [3.05, 3.63) is 29.6 Å². The number of oxime groups is 1. The van der Waals surface area contributed by atoms with Crippen LogP contribution in [0.25, 0.3) is 0 Å². The van der Waals surface area contributed by atoms with Crippen molar-refractivity contribution in [1.82, 2.24) is 4.31 Å². The second-order valence-electron chi connectivity index (χ2n) is 4.30. The van der Waals surface area contributed by atoms with Crippen molar-refractivity contribution >= 4 is 21.7 Å². The van der Waals surface area contributed by atoms with Gasteiger partial charge in [0.2, 0.25) is 0 Å². The van der Waals surface area contributed by atoms with E-state index in [-0.39, 0.29) is 30.2 Å². The van der Waals surface area contributed by atoms with Crippen molar-refractivity contribution < 1.29 is 22.8 Å². The number of rotatable bonds is 4. The molecule has 0 atom stereocenters. The zero-order valence-corrected chi connectivity index (χ0v) is 11.8. The molecule has 0 aliphatic carbocycles. The maximum atomic E-state index is 13.9. The average Bonchev–Trinajstić information content (AvgIpc) is 2.49. The summed E-state index contributed by atoms with van der Waals surface area (Å²) in [5.74, 6) is -1.09. The molecular formula is C11H15FN4O4S. The van der Waals surface area contributed by atoms with Crippen LogP contribution in [0.5, 0.6) is 0 Å². The lowest BCUT2D eigenvalue weighted by molar-refractivity contribution is 0.0733. The Bertz CT molecular complexity index is 644. The summed E-state index contributed by atoms with van der Waals surface area (Å²) in [5, 5.41) is 11.3. The van der Waals surface area contributed by atoms with Crippen molar-refractivity contribution in [2.24, 2.45) is 10.9 Å². The van der Waals surface area contributed by atoms with E-state index < -0.39 is 16.0 Å². The SMILES string of the molecule is N/C(=N/O)c1ccc(NS(=O)(=O)N2CCOCC2)c(F)c1. The lowest BCUT2D eigenvalue weighted by atomic mass is 10.2. The normalized spacial score (nSPS) is 17.7. The fraction of sp³-hybridized carbons (Fsp3) is 0.364. The van der Waals surface area contributed by atoms with Gasteiger partial charge in [0.15, 0.2) is 5.84 Å². The molecule has 116 valence electrons. The molecule has 4 N–H and O–H groups in total. The van der Waals surface area contributed by atoms with Gasteiger partial charge in [-0.2, -0.15) is 12.7 Å². The van der Waals surface area contributed by atoms with Gasteiger partial charge < -0.3 is 15.7 Å². The van der Waals surface area contributed by atoms with Crippen LogP contribution in [0.1, 0.15) is 5.56 Å². The lowest BCUT2D eigenvalue weighted by Crippen LogP contribution is -2.43. The van der Waals surface area contributed by atoms with E-state index in [9.17, 15) is 12.8 Å². The number of nitrogens with zero attached hydrogens (tertiary/aromatic N) is 2. The van der Waals surface area contributed by atoms with E-state index in [2.05, 4.69) is 9.88 Å². The number of amidine groups is 1. The zero-order chi connectivity index (χ0) is 15.5. The highest BCUT2D eigenvalue weighted by molar-refractivity contribution is 7.90. The minimum absolute atomic E-state index is 0.143. The van der Waals surface area contributed by atoms with E-state index in [4.69, 9.17) is 15.7 Å². The lowest BCUT2D eigenvalue weighted by Gasteiger charge is -2.26. The van der Waals surface area contributed by atoms with Crippen LogP contribution >= 0.6 is 0 Å². The molecule has 1 aromatic carbocycles. The van der Waals surface area contributed by atoms with Crippen LogP contribution < -0.4 is 10.5 Å². The number of ether oxygens (including phenoxy) is 1. The minimum atomic E-state index is -3.85. The smallest absolute Gasteiger partial charge is 0.301 e. The third kappa shape index (κ3) is 3.60. The van der Waals surface area contributed by atoms with Gasteiger partial charge in [-0.1, -0.05) is 5.16 Å². The van der Waals surface area contributed by atoms with Gasteiger partial charge in [-0.05, 0) is 18.2 Å². The topological polar surface area (TPSA) is 117 Å². The van der Waals surface area contributed by atoms with Crippen molar-refractivity contribution in [3.8, 4) is 0 Å². The first-order valence-electron chi connectivity index (χ1n) is 6.07. The van der Waals surface area contributed by atoms with Crippen LogP contribution in [0, 0.1) is 5.82 Å². The van der Waals surface area contributed by atoms with E-state index in [1.807, 2.05) is 0 Å². The Hall–Kier alpha value is -1.91. The highest BCUT2D eigenvalue weighted by atomic mass is 32.2. The predicted molar refractivity (Wildman–Crippen MR) is 73.8 cm³/mol. The number of benzene rings is 1. The van der Waals surface area contributed by atoms with Gasteiger partial charge in [-0.15, -0.1) is 0 Å². The quantitative estimate of drug-likeness (QED) is 0.310. The summed E-state index contributed by atoms with van der Waals surface area (Å²) in [4.78, 5) is 0. The molecule has 1 aromatic rings. The molecule has 21 heavy (non-hydrogen) atoms. The standard InChI is InChI=1S/C11H15FN4O4S/c12-9-7-8(11(13)14-17)1-2-10(9)15-21(18,19)16-3-5-20-6-4-16/h1-2,7,15,17H,3-6H2,(H2,13,14). The zero-order valence-electron chi connectivity index (χ0n) is 11.0. The summed E-state index contributed by atoms with van der Waals surface area (Å²) in [6.07, 6.45) is 0. The Labute approximate surface area is 121 Å². The maximum absolute atomic E-state index is 13.9. The van der Waals surface area contributed by atoms with Crippen LogP contribution in [0.3, 0.4) is 0 Å². The number of anilines is 1. The number of hydrogen-bond donors (Lipinski definition) is 3. The minimum Gasteiger partial charge on any atom is -0.409 e. The fourth-order valence-corrected chi connectivity index (χ4v) is 3.01. The Kier molecular flexibility index (Phi) is 4.60. The summed E-state index contributed by atoms with van der Waals surface area (Å²) in [5.41, 5.74) is 5.26. The van der Waals surface area contributed by atoms with Crippen molar-refractivity contribution in [2.75, 3.05) is 31.0 Å². The molecule has 8 nitrogen and oxygen atoms in total. The molecule has 0 saturated carbocycles.